The van der Waals surface area contributed by atoms with E-state index in [1.807, 2.05) is 0 Å². The molecule has 0 N–H and O–H groups in total. The minimum Gasteiger partial charge on any atom is -0.299 e. The molecule has 76 valence electrons. The molecule has 1 rings (SSSR count). The second-order valence-electron chi connectivity index (χ2n) is 2.84. The van der Waals surface area contributed by atoms with Crippen molar-refractivity contribution < 1.29 is 13.4 Å². The summed E-state index contributed by atoms with van der Waals surface area (Å²) in [5.41, 5.74) is 0. The predicted octanol–water partition coefficient (Wildman–Crippen LogP) is 1.91. The maximum Gasteiger partial charge on any atom is 0.145 e. The van der Waals surface area contributed by atoms with Gasteiger partial charge in [0.1, 0.15) is 11.6 Å². The fourth-order valence-corrected chi connectivity index (χ4v) is 2.08. The molecule has 2 nitrogen and oxygen atoms in total. The Bertz CT molecular complexity index is 363. The SMILES string of the molecule is CCC(=O)CS(=O)c1cccc(F)c1. The van der Waals surface area contributed by atoms with Gasteiger partial charge in [-0.3, -0.25) is 9.00 Å². The molecule has 0 saturated carbocycles. The average Bonchev–Trinajstić information content (AvgIpc) is 2.17. The Kier molecular flexibility index (Phi) is 3.95. The van der Waals surface area contributed by atoms with E-state index >= 15 is 0 Å². The van der Waals surface area contributed by atoms with Gasteiger partial charge in [0.2, 0.25) is 0 Å². The molecular weight excluding hydrogens is 203 g/mol. The van der Waals surface area contributed by atoms with Crippen molar-refractivity contribution in [2.24, 2.45) is 0 Å². The Morgan fingerprint density at radius 2 is 2.21 bits per heavy atom. The van der Waals surface area contributed by atoms with Gasteiger partial charge in [0.05, 0.1) is 16.6 Å². The Balaban J connectivity index is 2.75. The second-order valence-corrected chi connectivity index (χ2v) is 4.29. The monoisotopic (exact) mass is 214 g/mol. The number of carbonyl (C=O) groups is 1. The first-order valence-electron chi connectivity index (χ1n) is 4.29. The van der Waals surface area contributed by atoms with Crippen LogP contribution in [0.2, 0.25) is 0 Å². The van der Waals surface area contributed by atoms with Gasteiger partial charge in [-0.2, -0.15) is 0 Å². The summed E-state index contributed by atoms with van der Waals surface area (Å²) in [5, 5.41) is 0. The van der Waals surface area contributed by atoms with Crippen molar-refractivity contribution in [1.29, 1.82) is 0 Å². The molecule has 0 bridgehead atoms. The van der Waals surface area contributed by atoms with Gasteiger partial charge in [0, 0.05) is 11.3 Å². The molecule has 0 saturated heterocycles. The van der Waals surface area contributed by atoms with Crippen LogP contribution in [0.3, 0.4) is 0 Å². The van der Waals surface area contributed by atoms with E-state index in [2.05, 4.69) is 0 Å². The van der Waals surface area contributed by atoms with Crippen molar-refractivity contribution in [2.45, 2.75) is 18.2 Å². The number of hydrogen-bond donors (Lipinski definition) is 0. The van der Waals surface area contributed by atoms with Crippen LogP contribution in [0.1, 0.15) is 13.3 Å². The zero-order valence-electron chi connectivity index (χ0n) is 7.83. The van der Waals surface area contributed by atoms with Crippen LogP contribution in [0.25, 0.3) is 0 Å². The molecule has 0 fully saturated rings. The van der Waals surface area contributed by atoms with Gasteiger partial charge >= 0.3 is 0 Å². The number of rotatable bonds is 4. The van der Waals surface area contributed by atoms with Gasteiger partial charge in [-0.25, -0.2) is 4.39 Å². The molecule has 0 aliphatic heterocycles. The van der Waals surface area contributed by atoms with E-state index in [-0.39, 0.29) is 11.5 Å². The molecule has 1 aromatic carbocycles. The summed E-state index contributed by atoms with van der Waals surface area (Å²) in [4.78, 5) is 11.4. The minimum atomic E-state index is -1.41. The van der Waals surface area contributed by atoms with Gasteiger partial charge < -0.3 is 0 Å². The number of ketones is 1. The molecule has 0 aromatic heterocycles. The first-order valence-corrected chi connectivity index (χ1v) is 5.61. The highest BCUT2D eigenvalue weighted by Gasteiger charge is 2.08. The summed E-state index contributed by atoms with van der Waals surface area (Å²) in [6.07, 6.45) is 0.362. The van der Waals surface area contributed by atoms with Crippen LogP contribution in [0.5, 0.6) is 0 Å². The van der Waals surface area contributed by atoms with Crippen LogP contribution in [-0.4, -0.2) is 15.7 Å². The molecule has 0 aliphatic carbocycles. The van der Waals surface area contributed by atoms with Crippen molar-refractivity contribution in [3.8, 4) is 0 Å². The van der Waals surface area contributed by atoms with E-state index in [1.165, 1.54) is 18.2 Å². The van der Waals surface area contributed by atoms with E-state index in [4.69, 9.17) is 0 Å². The molecule has 1 atom stereocenters. The largest absolute Gasteiger partial charge is 0.299 e. The van der Waals surface area contributed by atoms with Crippen molar-refractivity contribution in [3.63, 3.8) is 0 Å². The van der Waals surface area contributed by atoms with Crippen LogP contribution in [0.4, 0.5) is 4.39 Å². The van der Waals surface area contributed by atoms with E-state index in [1.54, 1.807) is 13.0 Å². The van der Waals surface area contributed by atoms with Gasteiger partial charge in [-0.1, -0.05) is 13.0 Å². The summed E-state index contributed by atoms with van der Waals surface area (Å²) in [5.74, 6) is -0.535. The number of carbonyl (C=O) groups excluding carboxylic acids is 1. The molecule has 1 aromatic rings. The lowest BCUT2D eigenvalue weighted by atomic mass is 10.3. The normalized spacial score (nSPS) is 12.4. The molecule has 0 aliphatic rings. The number of Topliss-reactive ketones (excluding diaryl/α,β-unsaturated/α-hetero) is 1. The third kappa shape index (κ3) is 3.03. The zero-order valence-corrected chi connectivity index (χ0v) is 8.64. The summed E-state index contributed by atoms with van der Waals surface area (Å²) in [6, 6.07) is 5.52. The Labute approximate surface area is 84.6 Å². The summed E-state index contributed by atoms with van der Waals surface area (Å²) < 4.78 is 24.2. The second kappa shape index (κ2) is 5.00. The van der Waals surface area contributed by atoms with Crippen molar-refractivity contribution >= 4 is 16.6 Å². The van der Waals surface area contributed by atoms with Crippen LogP contribution < -0.4 is 0 Å². The van der Waals surface area contributed by atoms with Gasteiger partial charge in [-0.15, -0.1) is 0 Å². The standard InChI is InChI=1S/C10H11FO2S/c1-2-9(12)7-14(13)10-5-3-4-8(11)6-10/h3-6H,2,7H2,1H3. The first kappa shape index (κ1) is 11.0. The summed E-state index contributed by atoms with van der Waals surface area (Å²) >= 11 is 0. The highest BCUT2D eigenvalue weighted by atomic mass is 32.2. The van der Waals surface area contributed by atoms with Gasteiger partial charge in [-0.05, 0) is 18.2 Å². The van der Waals surface area contributed by atoms with Crippen LogP contribution >= 0.6 is 0 Å². The Morgan fingerprint density at radius 3 is 2.79 bits per heavy atom. The average molecular weight is 214 g/mol. The lowest BCUT2D eigenvalue weighted by Crippen LogP contribution is -2.09. The maximum atomic E-state index is 12.7. The van der Waals surface area contributed by atoms with Gasteiger partial charge in [0.25, 0.3) is 0 Å². The molecule has 0 heterocycles. The molecule has 0 amide bonds. The Morgan fingerprint density at radius 1 is 1.50 bits per heavy atom. The number of hydrogen-bond acceptors (Lipinski definition) is 2. The van der Waals surface area contributed by atoms with Crippen molar-refractivity contribution in [2.75, 3.05) is 5.75 Å². The van der Waals surface area contributed by atoms with E-state index < -0.39 is 16.6 Å². The Hall–Kier alpha value is -1.03. The third-order valence-corrected chi connectivity index (χ3v) is 3.11. The molecule has 0 radical (unpaired) electrons. The van der Waals surface area contributed by atoms with Crippen molar-refractivity contribution in [3.05, 3.63) is 30.1 Å². The van der Waals surface area contributed by atoms with E-state index in [0.717, 1.165) is 0 Å². The van der Waals surface area contributed by atoms with E-state index in [0.29, 0.717) is 11.3 Å². The highest BCUT2D eigenvalue weighted by Crippen LogP contribution is 2.09. The molecule has 1 unspecified atom stereocenters. The van der Waals surface area contributed by atoms with Crippen LogP contribution in [-0.2, 0) is 15.6 Å². The third-order valence-electron chi connectivity index (χ3n) is 1.75. The summed E-state index contributed by atoms with van der Waals surface area (Å²) in [6.45, 7) is 1.71. The lowest BCUT2D eigenvalue weighted by Gasteiger charge is -2.00. The van der Waals surface area contributed by atoms with Crippen LogP contribution in [0, 0.1) is 5.82 Å². The first-order chi connectivity index (χ1) is 6.63. The maximum absolute atomic E-state index is 12.7. The highest BCUT2D eigenvalue weighted by molar-refractivity contribution is 7.85. The molecule has 0 spiro atoms. The fourth-order valence-electron chi connectivity index (χ4n) is 0.940. The van der Waals surface area contributed by atoms with Gasteiger partial charge in [0.15, 0.2) is 0 Å². The number of benzene rings is 1. The number of halogens is 1. The molecule has 14 heavy (non-hydrogen) atoms. The van der Waals surface area contributed by atoms with E-state index in [9.17, 15) is 13.4 Å². The fraction of sp³-hybridized carbons (Fsp3) is 0.300. The quantitative estimate of drug-likeness (QED) is 0.767. The molecule has 4 heteroatoms. The topological polar surface area (TPSA) is 34.1 Å². The smallest absolute Gasteiger partial charge is 0.145 e. The van der Waals surface area contributed by atoms with Crippen LogP contribution in [0.15, 0.2) is 29.2 Å². The minimum absolute atomic E-state index is 0.0278. The summed E-state index contributed by atoms with van der Waals surface area (Å²) in [7, 11) is -1.41. The molecular formula is C10H11FO2S. The predicted molar refractivity (Wildman–Crippen MR) is 53.0 cm³/mol. The zero-order chi connectivity index (χ0) is 10.6. The lowest BCUT2D eigenvalue weighted by molar-refractivity contribution is -0.116. The van der Waals surface area contributed by atoms with Crippen molar-refractivity contribution in [1.82, 2.24) is 0 Å².